The fourth-order valence-electron chi connectivity index (χ4n) is 1.48. The first-order valence-electron chi connectivity index (χ1n) is 5.65. The number of hydrogen-bond donors (Lipinski definition) is 2. The molecule has 0 aliphatic rings. The molecule has 1 atom stereocenters. The summed E-state index contributed by atoms with van der Waals surface area (Å²) in [6.07, 6.45) is 1.60. The number of aromatic nitrogens is 1. The lowest BCUT2D eigenvalue weighted by molar-refractivity contribution is -0.117. The van der Waals surface area contributed by atoms with Gasteiger partial charge >= 0.3 is 0 Å². The van der Waals surface area contributed by atoms with E-state index < -0.39 is 6.04 Å². The van der Waals surface area contributed by atoms with Crippen molar-refractivity contribution in [3.05, 3.63) is 36.4 Å². The van der Waals surface area contributed by atoms with Gasteiger partial charge in [0.2, 0.25) is 5.91 Å². The van der Waals surface area contributed by atoms with E-state index >= 15 is 0 Å². The van der Waals surface area contributed by atoms with Gasteiger partial charge < -0.3 is 15.5 Å². The fourth-order valence-corrected chi connectivity index (χ4v) is 1.48. The zero-order valence-electron chi connectivity index (χ0n) is 10.3. The second kappa shape index (κ2) is 5.01. The van der Waals surface area contributed by atoms with Crippen molar-refractivity contribution in [2.24, 2.45) is 5.73 Å². The maximum absolute atomic E-state index is 11.4. The van der Waals surface area contributed by atoms with Crippen molar-refractivity contribution in [2.75, 3.05) is 5.32 Å². The van der Waals surface area contributed by atoms with E-state index in [0.29, 0.717) is 11.6 Å². The van der Waals surface area contributed by atoms with Crippen LogP contribution in [0.5, 0.6) is 0 Å². The number of hydrogen-bond acceptors (Lipinski definition) is 4. The number of rotatable bonds is 3. The topological polar surface area (TPSA) is 81.2 Å². The molecule has 0 saturated carbocycles. The van der Waals surface area contributed by atoms with E-state index in [1.54, 1.807) is 32.2 Å². The van der Waals surface area contributed by atoms with Gasteiger partial charge in [-0.05, 0) is 19.1 Å². The summed E-state index contributed by atoms with van der Waals surface area (Å²) in [6, 6.07) is 6.82. The van der Waals surface area contributed by atoms with E-state index in [1.807, 2.05) is 12.1 Å². The van der Waals surface area contributed by atoms with Crippen molar-refractivity contribution >= 4 is 11.6 Å². The first-order chi connectivity index (χ1) is 8.56. The van der Waals surface area contributed by atoms with Gasteiger partial charge in [0.25, 0.3) is 0 Å². The summed E-state index contributed by atoms with van der Waals surface area (Å²) >= 11 is 0. The van der Waals surface area contributed by atoms with E-state index in [1.165, 1.54) is 0 Å². The van der Waals surface area contributed by atoms with Gasteiger partial charge in [-0.2, -0.15) is 0 Å². The van der Waals surface area contributed by atoms with Crippen molar-refractivity contribution in [3.63, 3.8) is 0 Å². The van der Waals surface area contributed by atoms with Gasteiger partial charge in [0.05, 0.1) is 6.04 Å². The van der Waals surface area contributed by atoms with E-state index in [0.717, 1.165) is 11.3 Å². The average Bonchev–Trinajstić information content (AvgIpc) is 2.76. The molecule has 0 fully saturated rings. The maximum atomic E-state index is 11.4. The lowest BCUT2D eigenvalue weighted by atomic mass is 10.1. The second-order valence-corrected chi connectivity index (χ2v) is 4.11. The van der Waals surface area contributed by atoms with Crippen LogP contribution in [0.3, 0.4) is 0 Å². The first kappa shape index (κ1) is 12.3. The van der Waals surface area contributed by atoms with Gasteiger partial charge in [-0.1, -0.05) is 12.1 Å². The maximum Gasteiger partial charge on any atom is 0.240 e. The standard InChI is InChI=1S/C13H15N3O2/c1-8(14)13(17)16-11-5-3-10(4-6-11)12-7-18-9(2)15-12/h3-8H,14H2,1-2H3,(H,16,17)/t8-/m1/s1. The highest BCUT2D eigenvalue weighted by atomic mass is 16.3. The molecule has 5 nitrogen and oxygen atoms in total. The van der Waals surface area contributed by atoms with E-state index in [2.05, 4.69) is 10.3 Å². The van der Waals surface area contributed by atoms with Crippen LogP contribution in [0.25, 0.3) is 11.3 Å². The number of nitrogens with zero attached hydrogens (tertiary/aromatic N) is 1. The molecule has 1 aromatic carbocycles. The predicted octanol–water partition coefficient (Wildman–Crippen LogP) is 1.94. The molecule has 1 heterocycles. The number of oxazole rings is 1. The number of amides is 1. The van der Waals surface area contributed by atoms with Crippen LogP contribution in [0.1, 0.15) is 12.8 Å². The van der Waals surface area contributed by atoms with Gasteiger partial charge in [0.1, 0.15) is 12.0 Å². The summed E-state index contributed by atoms with van der Waals surface area (Å²) in [6.45, 7) is 3.43. The molecule has 0 saturated heterocycles. The molecule has 94 valence electrons. The van der Waals surface area contributed by atoms with Crippen molar-refractivity contribution in [2.45, 2.75) is 19.9 Å². The molecule has 0 spiro atoms. The molecule has 0 bridgehead atoms. The molecular formula is C13H15N3O2. The van der Waals surface area contributed by atoms with E-state index in [9.17, 15) is 4.79 Å². The largest absolute Gasteiger partial charge is 0.449 e. The number of anilines is 1. The molecular weight excluding hydrogens is 230 g/mol. The van der Waals surface area contributed by atoms with Crippen LogP contribution in [-0.2, 0) is 4.79 Å². The molecule has 0 aliphatic heterocycles. The fraction of sp³-hybridized carbons (Fsp3) is 0.231. The van der Waals surface area contributed by atoms with Crippen LogP contribution >= 0.6 is 0 Å². The van der Waals surface area contributed by atoms with Crippen molar-refractivity contribution in [1.82, 2.24) is 4.98 Å². The summed E-state index contributed by atoms with van der Waals surface area (Å²) in [4.78, 5) is 15.6. The Balaban J connectivity index is 2.13. The number of benzene rings is 1. The Hall–Kier alpha value is -2.14. The highest BCUT2D eigenvalue weighted by Crippen LogP contribution is 2.20. The Morgan fingerprint density at radius 2 is 2.06 bits per heavy atom. The van der Waals surface area contributed by atoms with Crippen molar-refractivity contribution < 1.29 is 9.21 Å². The highest BCUT2D eigenvalue weighted by molar-refractivity contribution is 5.94. The molecule has 3 N–H and O–H groups in total. The molecule has 1 amide bonds. The number of nitrogens with one attached hydrogen (secondary N) is 1. The molecule has 2 rings (SSSR count). The van der Waals surface area contributed by atoms with Gasteiger partial charge in [-0.15, -0.1) is 0 Å². The summed E-state index contributed by atoms with van der Waals surface area (Å²) in [5, 5.41) is 2.72. The number of nitrogens with two attached hydrogens (primary N) is 1. The smallest absolute Gasteiger partial charge is 0.240 e. The van der Waals surface area contributed by atoms with Crippen LogP contribution in [0.4, 0.5) is 5.69 Å². The minimum absolute atomic E-state index is 0.208. The lowest BCUT2D eigenvalue weighted by Crippen LogP contribution is -2.32. The van der Waals surface area contributed by atoms with Gasteiger partial charge in [0.15, 0.2) is 5.89 Å². The third-order valence-electron chi connectivity index (χ3n) is 2.48. The Bertz CT molecular complexity index is 544. The lowest BCUT2D eigenvalue weighted by Gasteiger charge is -2.07. The summed E-state index contributed by atoms with van der Waals surface area (Å²) in [7, 11) is 0. The highest BCUT2D eigenvalue weighted by Gasteiger charge is 2.08. The van der Waals surface area contributed by atoms with Gasteiger partial charge in [-0.3, -0.25) is 4.79 Å². The Morgan fingerprint density at radius 1 is 1.39 bits per heavy atom. The zero-order chi connectivity index (χ0) is 13.1. The van der Waals surface area contributed by atoms with Crippen LogP contribution in [0.15, 0.2) is 34.9 Å². The normalized spacial score (nSPS) is 12.2. The monoisotopic (exact) mass is 245 g/mol. The predicted molar refractivity (Wildman–Crippen MR) is 69.0 cm³/mol. The molecule has 18 heavy (non-hydrogen) atoms. The molecule has 0 unspecified atom stereocenters. The Labute approximate surface area is 105 Å². The quantitative estimate of drug-likeness (QED) is 0.865. The minimum Gasteiger partial charge on any atom is -0.449 e. The summed E-state index contributed by atoms with van der Waals surface area (Å²) < 4.78 is 5.15. The van der Waals surface area contributed by atoms with Crippen molar-refractivity contribution in [1.29, 1.82) is 0 Å². The Morgan fingerprint density at radius 3 is 2.56 bits per heavy atom. The third-order valence-corrected chi connectivity index (χ3v) is 2.48. The van der Waals surface area contributed by atoms with Crippen LogP contribution in [-0.4, -0.2) is 16.9 Å². The number of carbonyl (C=O) groups excluding carboxylic acids is 1. The average molecular weight is 245 g/mol. The molecule has 1 aromatic heterocycles. The van der Waals surface area contributed by atoms with Gasteiger partial charge in [0, 0.05) is 18.2 Å². The molecule has 0 radical (unpaired) electrons. The number of aryl methyl sites for hydroxylation is 1. The SMILES string of the molecule is Cc1nc(-c2ccc(NC(=O)[C@@H](C)N)cc2)co1. The zero-order valence-corrected chi connectivity index (χ0v) is 10.3. The first-order valence-corrected chi connectivity index (χ1v) is 5.65. The minimum atomic E-state index is -0.525. The van der Waals surface area contributed by atoms with Crippen molar-refractivity contribution in [3.8, 4) is 11.3 Å². The van der Waals surface area contributed by atoms with Gasteiger partial charge in [-0.25, -0.2) is 4.98 Å². The van der Waals surface area contributed by atoms with Crippen LogP contribution in [0, 0.1) is 6.92 Å². The van der Waals surface area contributed by atoms with Crippen LogP contribution < -0.4 is 11.1 Å². The molecule has 0 aliphatic carbocycles. The summed E-state index contributed by atoms with van der Waals surface area (Å²) in [5.74, 6) is 0.416. The molecule has 5 heteroatoms. The Kier molecular flexibility index (Phi) is 3.43. The van der Waals surface area contributed by atoms with E-state index in [-0.39, 0.29) is 5.91 Å². The third kappa shape index (κ3) is 2.75. The summed E-state index contributed by atoms with van der Waals surface area (Å²) in [5.41, 5.74) is 7.89. The van der Waals surface area contributed by atoms with E-state index in [4.69, 9.17) is 10.2 Å². The second-order valence-electron chi connectivity index (χ2n) is 4.11. The number of carbonyl (C=O) groups is 1. The van der Waals surface area contributed by atoms with Crippen LogP contribution in [0.2, 0.25) is 0 Å². The molecule has 2 aromatic rings.